The maximum absolute atomic E-state index is 9.58. The molecule has 1 aliphatic rings. The molecular formula is C11H17ClN2OS. The monoisotopic (exact) mass is 260 g/mol. The average Bonchev–Trinajstić information content (AvgIpc) is 2.68. The molecule has 0 aliphatic heterocycles. The highest BCUT2D eigenvalue weighted by molar-refractivity contribution is 7.14. The Morgan fingerprint density at radius 1 is 1.62 bits per heavy atom. The number of hydrogen-bond acceptors (Lipinski definition) is 4. The summed E-state index contributed by atoms with van der Waals surface area (Å²) < 4.78 is 0. The van der Waals surface area contributed by atoms with E-state index in [4.69, 9.17) is 11.6 Å². The predicted molar refractivity (Wildman–Crippen MR) is 68.2 cm³/mol. The molecule has 0 aromatic carbocycles. The molecular weight excluding hydrogens is 244 g/mol. The fourth-order valence-electron chi connectivity index (χ4n) is 2.18. The van der Waals surface area contributed by atoms with E-state index in [1.807, 2.05) is 0 Å². The fourth-order valence-corrected chi connectivity index (χ4v) is 3.13. The molecule has 1 aliphatic carbocycles. The molecule has 0 spiro atoms. The van der Waals surface area contributed by atoms with Gasteiger partial charge in [0.25, 0.3) is 0 Å². The van der Waals surface area contributed by atoms with Crippen LogP contribution in [0.5, 0.6) is 0 Å². The highest BCUT2D eigenvalue weighted by Gasteiger charge is 2.34. The van der Waals surface area contributed by atoms with E-state index in [-0.39, 0.29) is 12.1 Å². The van der Waals surface area contributed by atoms with Crippen molar-refractivity contribution in [2.75, 3.05) is 11.9 Å². The summed E-state index contributed by atoms with van der Waals surface area (Å²) in [6.45, 7) is 2.43. The summed E-state index contributed by atoms with van der Waals surface area (Å²) in [6, 6.07) is 0. The van der Waals surface area contributed by atoms with Crippen molar-refractivity contribution in [3.05, 3.63) is 10.5 Å². The van der Waals surface area contributed by atoms with E-state index in [0.717, 1.165) is 36.7 Å². The number of nitrogens with zero attached hydrogens (tertiary/aromatic N) is 1. The minimum Gasteiger partial charge on any atom is -0.394 e. The summed E-state index contributed by atoms with van der Waals surface area (Å²) in [7, 11) is 0. The first-order valence-corrected chi connectivity index (χ1v) is 6.89. The van der Waals surface area contributed by atoms with Crippen LogP contribution >= 0.6 is 22.9 Å². The van der Waals surface area contributed by atoms with Crippen LogP contribution in [0.2, 0.25) is 5.15 Å². The van der Waals surface area contributed by atoms with Crippen molar-refractivity contribution >= 4 is 28.1 Å². The van der Waals surface area contributed by atoms with E-state index in [2.05, 4.69) is 17.2 Å². The van der Waals surface area contributed by atoms with Crippen molar-refractivity contribution in [1.29, 1.82) is 0 Å². The highest BCUT2D eigenvalue weighted by Crippen LogP contribution is 2.35. The molecule has 0 radical (unpaired) electrons. The van der Waals surface area contributed by atoms with Gasteiger partial charge in [0.1, 0.15) is 5.15 Å². The smallest absolute Gasteiger partial charge is 0.184 e. The molecule has 90 valence electrons. The van der Waals surface area contributed by atoms with Gasteiger partial charge in [-0.2, -0.15) is 0 Å². The Kier molecular flexibility index (Phi) is 3.72. The third-order valence-corrected chi connectivity index (χ3v) is 4.46. The van der Waals surface area contributed by atoms with Gasteiger partial charge in [0.15, 0.2) is 5.13 Å². The number of halogens is 1. The number of anilines is 1. The largest absolute Gasteiger partial charge is 0.394 e. The van der Waals surface area contributed by atoms with Crippen LogP contribution in [0.25, 0.3) is 0 Å². The zero-order chi connectivity index (χ0) is 11.6. The molecule has 3 nitrogen and oxygen atoms in total. The third-order valence-electron chi connectivity index (χ3n) is 3.38. The van der Waals surface area contributed by atoms with Gasteiger partial charge < -0.3 is 10.4 Å². The van der Waals surface area contributed by atoms with Crippen molar-refractivity contribution in [3.8, 4) is 0 Å². The number of nitrogens with one attached hydrogen (secondary N) is 1. The van der Waals surface area contributed by atoms with Crippen LogP contribution in [0.15, 0.2) is 5.38 Å². The minimum atomic E-state index is -0.187. The average molecular weight is 261 g/mol. The molecule has 1 aromatic rings. The lowest BCUT2D eigenvalue weighted by molar-refractivity contribution is 0.155. The van der Waals surface area contributed by atoms with Gasteiger partial charge >= 0.3 is 0 Å². The van der Waals surface area contributed by atoms with Gasteiger partial charge in [0.05, 0.1) is 12.1 Å². The SMILES string of the molecule is CC1CCC(CO)(Nc2nc(Cl)cs2)CC1. The first-order chi connectivity index (χ1) is 7.63. The Morgan fingerprint density at radius 2 is 2.31 bits per heavy atom. The molecule has 1 aromatic heterocycles. The first-order valence-electron chi connectivity index (χ1n) is 5.64. The molecule has 2 rings (SSSR count). The Hall–Kier alpha value is -0.320. The molecule has 1 saturated carbocycles. The zero-order valence-electron chi connectivity index (χ0n) is 9.37. The van der Waals surface area contributed by atoms with Crippen molar-refractivity contribution in [3.63, 3.8) is 0 Å². The van der Waals surface area contributed by atoms with E-state index in [1.165, 1.54) is 11.3 Å². The molecule has 1 heterocycles. The van der Waals surface area contributed by atoms with Crippen LogP contribution in [0, 0.1) is 5.92 Å². The molecule has 5 heteroatoms. The summed E-state index contributed by atoms with van der Waals surface area (Å²) in [6.07, 6.45) is 4.32. The predicted octanol–water partition coefficient (Wildman–Crippen LogP) is 3.15. The van der Waals surface area contributed by atoms with Crippen LogP contribution < -0.4 is 5.32 Å². The van der Waals surface area contributed by atoms with Crippen molar-refractivity contribution < 1.29 is 5.11 Å². The van der Waals surface area contributed by atoms with Crippen molar-refractivity contribution in [2.24, 2.45) is 5.92 Å². The lowest BCUT2D eigenvalue weighted by atomic mass is 9.78. The molecule has 0 unspecified atom stereocenters. The number of aliphatic hydroxyl groups is 1. The Labute approximate surface area is 105 Å². The number of aliphatic hydroxyl groups excluding tert-OH is 1. The van der Waals surface area contributed by atoms with E-state index in [0.29, 0.717) is 5.15 Å². The van der Waals surface area contributed by atoms with Crippen molar-refractivity contribution in [1.82, 2.24) is 4.98 Å². The second-order valence-corrected chi connectivity index (χ2v) is 5.97. The van der Waals surface area contributed by atoms with Gasteiger partial charge in [0.2, 0.25) is 0 Å². The van der Waals surface area contributed by atoms with Gasteiger partial charge in [-0.3, -0.25) is 0 Å². The third kappa shape index (κ3) is 2.67. The summed E-state index contributed by atoms with van der Waals surface area (Å²) in [4.78, 5) is 4.18. The molecule has 16 heavy (non-hydrogen) atoms. The number of rotatable bonds is 3. The Bertz CT molecular complexity index is 348. The standard InChI is InChI=1S/C11H17ClN2OS/c1-8-2-4-11(7-15,5-3-8)14-10-13-9(12)6-16-10/h6,8,15H,2-5,7H2,1H3,(H,13,14). The second kappa shape index (κ2) is 4.90. The maximum Gasteiger partial charge on any atom is 0.184 e. The van der Waals surface area contributed by atoms with E-state index in [1.54, 1.807) is 5.38 Å². The van der Waals surface area contributed by atoms with Gasteiger partial charge in [-0.05, 0) is 31.6 Å². The lowest BCUT2D eigenvalue weighted by Crippen LogP contribution is -2.45. The van der Waals surface area contributed by atoms with Crippen LogP contribution in [-0.4, -0.2) is 22.2 Å². The van der Waals surface area contributed by atoms with E-state index in [9.17, 15) is 5.11 Å². The Balaban J connectivity index is 2.04. The molecule has 0 atom stereocenters. The lowest BCUT2D eigenvalue weighted by Gasteiger charge is -2.38. The normalized spacial score (nSPS) is 30.3. The van der Waals surface area contributed by atoms with Crippen molar-refractivity contribution in [2.45, 2.75) is 38.1 Å². The summed E-state index contributed by atoms with van der Waals surface area (Å²) in [5, 5.41) is 16.1. The molecule has 0 saturated heterocycles. The fraction of sp³-hybridized carbons (Fsp3) is 0.727. The number of hydrogen-bond donors (Lipinski definition) is 2. The second-order valence-electron chi connectivity index (χ2n) is 4.72. The number of aromatic nitrogens is 1. The van der Waals surface area contributed by atoms with E-state index < -0.39 is 0 Å². The van der Waals surface area contributed by atoms with Crippen LogP contribution in [-0.2, 0) is 0 Å². The van der Waals surface area contributed by atoms with Gasteiger partial charge in [-0.1, -0.05) is 18.5 Å². The molecule has 1 fully saturated rings. The van der Waals surface area contributed by atoms with Crippen LogP contribution in [0.1, 0.15) is 32.6 Å². The quantitative estimate of drug-likeness (QED) is 0.878. The van der Waals surface area contributed by atoms with E-state index >= 15 is 0 Å². The number of thiazole rings is 1. The summed E-state index contributed by atoms with van der Waals surface area (Å²) >= 11 is 7.28. The molecule has 2 N–H and O–H groups in total. The maximum atomic E-state index is 9.58. The summed E-state index contributed by atoms with van der Waals surface area (Å²) in [5.74, 6) is 0.765. The zero-order valence-corrected chi connectivity index (χ0v) is 10.9. The van der Waals surface area contributed by atoms with Gasteiger partial charge in [0, 0.05) is 5.38 Å². The molecule has 0 bridgehead atoms. The highest BCUT2D eigenvalue weighted by atomic mass is 35.5. The first kappa shape index (κ1) is 12.1. The van der Waals surface area contributed by atoms with Crippen LogP contribution in [0.4, 0.5) is 5.13 Å². The van der Waals surface area contributed by atoms with Gasteiger partial charge in [-0.25, -0.2) is 4.98 Å². The molecule has 0 amide bonds. The van der Waals surface area contributed by atoms with Gasteiger partial charge in [-0.15, -0.1) is 11.3 Å². The Morgan fingerprint density at radius 3 is 2.81 bits per heavy atom. The minimum absolute atomic E-state index is 0.164. The summed E-state index contributed by atoms with van der Waals surface area (Å²) in [5.41, 5.74) is -0.187. The topological polar surface area (TPSA) is 45.1 Å². The van der Waals surface area contributed by atoms with Crippen LogP contribution in [0.3, 0.4) is 0 Å².